The van der Waals surface area contributed by atoms with Gasteiger partial charge in [-0.3, -0.25) is 0 Å². The number of ether oxygens (including phenoxy) is 1. The van der Waals surface area contributed by atoms with Gasteiger partial charge in [0.2, 0.25) is 0 Å². The Bertz CT molecular complexity index is 306. The highest BCUT2D eigenvalue weighted by Crippen LogP contribution is 2.24. The Hall–Kier alpha value is -1.34. The molecule has 1 unspecified atom stereocenters. The van der Waals surface area contributed by atoms with Crippen LogP contribution in [0.5, 0.6) is 0 Å². The second-order valence-corrected chi connectivity index (χ2v) is 4.60. The number of hydrogen-bond acceptors (Lipinski definition) is 4. The first-order valence-corrected chi connectivity index (χ1v) is 6.51. The van der Waals surface area contributed by atoms with Crippen molar-refractivity contribution in [1.82, 2.24) is 10.2 Å². The van der Waals surface area contributed by atoms with Gasteiger partial charge < -0.3 is 25.2 Å². The largest absolute Gasteiger partial charge is 0.479 e. The molecule has 0 spiro atoms. The highest BCUT2D eigenvalue weighted by molar-refractivity contribution is 5.77. The Morgan fingerprint density at radius 1 is 1.47 bits per heavy atom. The molecular weight excluding hydrogens is 252 g/mol. The van der Waals surface area contributed by atoms with Gasteiger partial charge in [0.25, 0.3) is 0 Å². The molecule has 0 aromatic rings. The summed E-state index contributed by atoms with van der Waals surface area (Å²) in [6.07, 6.45) is 2.52. The first-order valence-electron chi connectivity index (χ1n) is 6.51. The van der Waals surface area contributed by atoms with Crippen LogP contribution in [0.3, 0.4) is 0 Å². The average molecular weight is 274 g/mol. The zero-order valence-corrected chi connectivity index (χ0v) is 11.2. The van der Waals surface area contributed by atoms with Crippen LogP contribution < -0.4 is 5.32 Å². The van der Waals surface area contributed by atoms with Gasteiger partial charge in [0, 0.05) is 26.3 Å². The Kier molecular flexibility index (Phi) is 6.58. The molecule has 7 heteroatoms. The smallest absolute Gasteiger partial charge is 0.334 e. The first-order chi connectivity index (χ1) is 9.10. The number of aliphatic hydroxyl groups excluding tert-OH is 1. The lowest BCUT2D eigenvalue weighted by Gasteiger charge is -2.37. The summed E-state index contributed by atoms with van der Waals surface area (Å²) >= 11 is 0. The molecule has 0 aromatic heterocycles. The second-order valence-electron chi connectivity index (χ2n) is 4.60. The van der Waals surface area contributed by atoms with Crippen molar-refractivity contribution < 1.29 is 24.5 Å². The molecule has 0 aromatic carbocycles. The van der Waals surface area contributed by atoms with E-state index in [1.807, 2.05) is 0 Å². The zero-order chi connectivity index (χ0) is 14.3. The Balaban J connectivity index is 2.44. The minimum absolute atomic E-state index is 0.0340. The minimum atomic E-state index is -1.10. The number of nitrogens with one attached hydrogen (secondary N) is 1. The summed E-state index contributed by atoms with van der Waals surface area (Å²) in [6, 6.07) is -0.0844. The fraction of sp³-hybridized carbons (Fsp3) is 0.833. The number of methoxy groups -OCH3 is 1. The van der Waals surface area contributed by atoms with E-state index in [9.17, 15) is 9.59 Å². The molecule has 3 N–H and O–H groups in total. The summed E-state index contributed by atoms with van der Waals surface area (Å²) in [4.78, 5) is 24.4. The average Bonchev–Trinajstić information content (AvgIpc) is 2.31. The quantitative estimate of drug-likeness (QED) is 0.580. The van der Waals surface area contributed by atoms with E-state index in [1.54, 1.807) is 4.90 Å². The summed E-state index contributed by atoms with van der Waals surface area (Å²) in [7, 11) is 1.29. The number of urea groups is 1. The van der Waals surface area contributed by atoms with Crippen LogP contribution in [0.1, 0.15) is 25.7 Å². The SMILES string of the molecule is COC(CNC(=O)N(CCCO)C1CCC1)C(=O)O. The maximum Gasteiger partial charge on any atom is 0.334 e. The third-order valence-electron chi connectivity index (χ3n) is 3.33. The maximum atomic E-state index is 12.0. The van der Waals surface area contributed by atoms with Crippen molar-refractivity contribution in [2.75, 3.05) is 26.8 Å². The zero-order valence-electron chi connectivity index (χ0n) is 11.2. The molecule has 0 bridgehead atoms. The molecule has 110 valence electrons. The maximum absolute atomic E-state index is 12.0. The van der Waals surface area contributed by atoms with Crippen molar-refractivity contribution in [2.45, 2.75) is 37.8 Å². The number of carboxylic acid groups (broad SMARTS) is 1. The first kappa shape index (κ1) is 15.7. The summed E-state index contributed by atoms with van der Waals surface area (Å²) in [5, 5.41) is 20.2. The van der Waals surface area contributed by atoms with Crippen LogP contribution in [-0.4, -0.2) is 66.1 Å². The van der Waals surface area contributed by atoms with Gasteiger partial charge in [0.1, 0.15) is 0 Å². The van der Waals surface area contributed by atoms with Gasteiger partial charge in [-0.1, -0.05) is 0 Å². The van der Waals surface area contributed by atoms with Crippen LogP contribution in [-0.2, 0) is 9.53 Å². The lowest BCUT2D eigenvalue weighted by atomic mass is 9.91. The molecule has 0 radical (unpaired) electrons. The number of hydrogen-bond donors (Lipinski definition) is 3. The van der Waals surface area contributed by atoms with Gasteiger partial charge in [0.15, 0.2) is 6.10 Å². The Morgan fingerprint density at radius 3 is 2.58 bits per heavy atom. The van der Waals surface area contributed by atoms with E-state index in [2.05, 4.69) is 5.32 Å². The van der Waals surface area contributed by atoms with Gasteiger partial charge in [-0.15, -0.1) is 0 Å². The number of carbonyl (C=O) groups excluding carboxylic acids is 1. The van der Waals surface area contributed by atoms with E-state index >= 15 is 0 Å². The summed E-state index contributed by atoms with van der Waals surface area (Å²) in [5.74, 6) is -1.10. The number of carbonyl (C=O) groups is 2. The molecule has 1 saturated carbocycles. The molecule has 1 aliphatic rings. The standard InChI is InChI=1S/C12H22N2O5/c1-19-10(11(16)17)8-13-12(18)14(6-3-7-15)9-4-2-5-9/h9-10,15H,2-8H2,1H3,(H,13,18)(H,16,17). The van der Waals surface area contributed by atoms with Crippen LogP contribution in [0.2, 0.25) is 0 Å². The fourth-order valence-electron chi connectivity index (χ4n) is 1.94. The fourth-order valence-corrected chi connectivity index (χ4v) is 1.94. The van der Waals surface area contributed by atoms with Crippen molar-refractivity contribution >= 4 is 12.0 Å². The Labute approximate surface area is 112 Å². The van der Waals surface area contributed by atoms with Crippen LogP contribution in [0.4, 0.5) is 4.79 Å². The summed E-state index contributed by atoms with van der Waals surface area (Å²) in [5.41, 5.74) is 0. The minimum Gasteiger partial charge on any atom is -0.479 e. The lowest BCUT2D eigenvalue weighted by Crippen LogP contribution is -2.51. The molecule has 0 aliphatic heterocycles. The van der Waals surface area contributed by atoms with E-state index in [1.165, 1.54) is 7.11 Å². The Morgan fingerprint density at radius 2 is 2.16 bits per heavy atom. The second kappa shape index (κ2) is 7.96. The molecule has 0 heterocycles. The third kappa shape index (κ3) is 4.68. The number of nitrogens with zero attached hydrogens (tertiary/aromatic N) is 1. The van der Waals surface area contributed by atoms with Crippen LogP contribution >= 0.6 is 0 Å². The van der Waals surface area contributed by atoms with Gasteiger partial charge in [0.05, 0.1) is 6.54 Å². The van der Waals surface area contributed by atoms with E-state index in [-0.39, 0.29) is 25.2 Å². The lowest BCUT2D eigenvalue weighted by molar-refractivity contribution is -0.148. The van der Waals surface area contributed by atoms with E-state index < -0.39 is 12.1 Å². The number of rotatable bonds is 8. The van der Waals surface area contributed by atoms with Crippen molar-refractivity contribution in [3.8, 4) is 0 Å². The highest BCUT2D eigenvalue weighted by Gasteiger charge is 2.29. The molecule has 1 rings (SSSR count). The number of aliphatic carboxylic acids is 1. The van der Waals surface area contributed by atoms with E-state index in [0.717, 1.165) is 19.3 Å². The number of aliphatic hydroxyl groups is 1. The molecule has 1 fully saturated rings. The number of amides is 2. The monoisotopic (exact) mass is 274 g/mol. The van der Waals surface area contributed by atoms with Crippen LogP contribution in [0.15, 0.2) is 0 Å². The van der Waals surface area contributed by atoms with Gasteiger partial charge in [-0.05, 0) is 25.7 Å². The summed E-state index contributed by atoms with van der Waals surface area (Å²) in [6.45, 7) is 0.455. The van der Waals surface area contributed by atoms with Crippen molar-refractivity contribution in [1.29, 1.82) is 0 Å². The van der Waals surface area contributed by atoms with E-state index in [4.69, 9.17) is 14.9 Å². The van der Waals surface area contributed by atoms with E-state index in [0.29, 0.717) is 13.0 Å². The predicted molar refractivity (Wildman–Crippen MR) is 67.9 cm³/mol. The van der Waals surface area contributed by atoms with Crippen molar-refractivity contribution in [2.24, 2.45) is 0 Å². The van der Waals surface area contributed by atoms with Crippen molar-refractivity contribution in [3.05, 3.63) is 0 Å². The van der Waals surface area contributed by atoms with Crippen LogP contribution in [0.25, 0.3) is 0 Å². The van der Waals surface area contributed by atoms with Crippen molar-refractivity contribution in [3.63, 3.8) is 0 Å². The topological polar surface area (TPSA) is 99.1 Å². The highest BCUT2D eigenvalue weighted by atomic mass is 16.5. The van der Waals surface area contributed by atoms with Gasteiger partial charge in [-0.2, -0.15) is 0 Å². The molecular formula is C12H22N2O5. The molecule has 1 aliphatic carbocycles. The molecule has 2 amide bonds. The summed E-state index contributed by atoms with van der Waals surface area (Å²) < 4.78 is 4.75. The molecule has 0 saturated heterocycles. The number of carboxylic acids is 1. The molecule has 19 heavy (non-hydrogen) atoms. The third-order valence-corrected chi connectivity index (χ3v) is 3.33. The van der Waals surface area contributed by atoms with Gasteiger partial charge >= 0.3 is 12.0 Å². The molecule has 1 atom stereocenters. The predicted octanol–water partition coefficient (Wildman–Crippen LogP) is 0.0325. The van der Waals surface area contributed by atoms with Crippen LogP contribution in [0, 0.1) is 0 Å². The normalized spacial score (nSPS) is 16.5. The molecule has 7 nitrogen and oxygen atoms in total. The van der Waals surface area contributed by atoms with Gasteiger partial charge in [-0.25, -0.2) is 9.59 Å².